The quantitative estimate of drug-likeness (QED) is 0.699. The highest BCUT2D eigenvalue weighted by molar-refractivity contribution is 7.16. The van der Waals surface area contributed by atoms with E-state index in [9.17, 15) is 4.79 Å². The molecule has 2 aromatic heterocycles. The molecule has 3 rings (SSSR count). The van der Waals surface area contributed by atoms with Gasteiger partial charge in [-0.25, -0.2) is 0 Å². The van der Waals surface area contributed by atoms with Crippen molar-refractivity contribution in [1.29, 1.82) is 0 Å². The molecule has 0 atom stereocenters. The summed E-state index contributed by atoms with van der Waals surface area (Å²) in [5.41, 5.74) is 1.68. The zero-order valence-corrected chi connectivity index (χ0v) is 10.1. The molecule has 0 aliphatic heterocycles. The molecule has 1 aliphatic rings. The molecule has 0 saturated carbocycles. The summed E-state index contributed by atoms with van der Waals surface area (Å²) in [5.74, 6) is 0.141. The van der Waals surface area contributed by atoms with Crippen molar-refractivity contribution in [3.63, 3.8) is 0 Å². The van der Waals surface area contributed by atoms with Crippen LogP contribution in [0.1, 0.15) is 25.7 Å². The van der Waals surface area contributed by atoms with Crippen LogP contribution in [0.2, 0.25) is 4.34 Å². The monoisotopic (exact) mass is 254 g/mol. The fourth-order valence-electron chi connectivity index (χ4n) is 1.88. The van der Waals surface area contributed by atoms with E-state index in [0.717, 1.165) is 28.8 Å². The lowest BCUT2D eigenvalue weighted by molar-refractivity contribution is 0.103. The van der Waals surface area contributed by atoms with Crippen molar-refractivity contribution in [3.8, 4) is 0 Å². The van der Waals surface area contributed by atoms with Gasteiger partial charge in [-0.05, 0) is 30.4 Å². The molecule has 2 heterocycles. The molecule has 2 aromatic rings. The van der Waals surface area contributed by atoms with Gasteiger partial charge in [-0.1, -0.05) is 11.6 Å². The Morgan fingerprint density at radius 1 is 1.20 bits per heavy atom. The molecule has 15 heavy (non-hydrogen) atoms. The van der Waals surface area contributed by atoms with E-state index in [2.05, 4.69) is 0 Å². The van der Waals surface area contributed by atoms with E-state index in [4.69, 9.17) is 11.6 Å². The average Bonchev–Trinajstić information content (AvgIpc) is 2.77. The van der Waals surface area contributed by atoms with Gasteiger partial charge in [0.25, 0.3) is 0 Å². The number of rotatable bonds is 0. The Hall–Kier alpha value is -0.640. The first-order valence-electron chi connectivity index (χ1n) is 4.65. The normalized spacial score (nSPS) is 14.6. The fraction of sp³-hybridized carbons (Fsp3) is 0.182. The zero-order chi connectivity index (χ0) is 10.4. The van der Waals surface area contributed by atoms with Crippen molar-refractivity contribution >= 4 is 40.1 Å². The Kier molecular flexibility index (Phi) is 2.20. The molecule has 0 unspecified atom stereocenters. The second-order valence-electron chi connectivity index (χ2n) is 3.47. The van der Waals surface area contributed by atoms with E-state index >= 15 is 0 Å². The molecule has 4 heteroatoms. The molecule has 0 amide bonds. The number of aryl methyl sites for hydroxylation is 2. The highest BCUT2D eigenvalue weighted by Gasteiger charge is 2.23. The van der Waals surface area contributed by atoms with Crippen molar-refractivity contribution in [3.05, 3.63) is 42.7 Å². The topological polar surface area (TPSA) is 17.1 Å². The maximum absolute atomic E-state index is 12.2. The van der Waals surface area contributed by atoms with Gasteiger partial charge in [-0.2, -0.15) is 0 Å². The summed E-state index contributed by atoms with van der Waals surface area (Å²) in [6.07, 6.45) is 1.90. The molecule has 0 N–H and O–H groups in total. The van der Waals surface area contributed by atoms with E-state index in [1.54, 1.807) is 17.4 Å². The number of carbonyl (C=O) groups excluding carboxylic acids is 1. The molecule has 0 radical (unpaired) electrons. The van der Waals surface area contributed by atoms with E-state index in [1.807, 2.05) is 11.4 Å². The smallest absolute Gasteiger partial charge is 0.195 e. The van der Waals surface area contributed by atoms with Gasteiger partial charge < -0.3 is 0 Å². The molecule has 0 bridgehead atoms. The highest BCUT2D eigenvalue weighted by atomic mass is 35.5. The third kappa shape index (κ3) is 1.46. The Bertz CT molecular complexity index is 539. The molecular formula is C11H7ClOS2. The lowest BCUT2D eigenvalue weighted by atomic mass is 10.1. The minimum atomic E-state index is 0.141. The van der Waals surface area contributed by atoms with Gasteiger partial charge in [0, 0.05) is 20.9 Å². The van der Waals surface area contributed by atoms with E-state index in [0.29, 0.717) is 4.34 Å². The van der Waals surface area contributed by atoms with Crippen molar-refractivity contribution in [2.75, 3.05) is 0 Å². The highest BCUT2D eigenvalue weighted by Crippen LogP contribution is 2.34. The number of halogens is 1. The summed E-state index contributed by atoms with van der Waals surface area (Å²) >= 11 is 9.14. The first kappa shape index (κ1) is 9.58. The molecule has 0 spiro atoms. The second-order valence-corrected chi connectivity index (χ2v) is 6.24. The molecule has 1 nitrogen and oxygen atoms in total. The van der Waals surface area contributed by atoms with Crippen LogP contribution < -0.4 is 0 Å². The van der Waals surface area contributed by atoms with Gasteiger partial charge in [0.15, 0.2) is 5.78 Å². The predicted octanol–water partition coefficient (Wildman–Crippen LogP) is 3.79. The fourth-order valence-corrected chi connectivity index (χ4v) is 4.03. The Morgan fingerprint density at radius 3 is 2.87 bits per heavy atom. The van der Waals surface area contributed by atoms with Gasteiger partial charge in [0.05, 0.1) is 4.34 Å². The largest absolute Gasteiger partial charge is 0.289 e. The number of thiophene rings is 2. The summed E-state index contributed by atoms with van der Waals surface area (Å²) < 4.78 is 0.715. The van der Waals surface area contributed by atoms with Gasteiger partial charge in [0.1, 0.15) is 0 Å². The van der Waals surface area contributed by atoms with Gasteiger partial charge in [-0.15, -0.1) is 22.7 Å². The summed E-state index contributed by atoms with van der Waals surface area (Å²) in [7, 11) is 0. The van der Waals surface area contributed by atoms with Crippen LogP contribution in [0.3, 0.4) is 0 Å². The second kappa shape index (κ2) is 3.44. The molecule has 1 aliphatic carbocycles. The Morgan fingerprint density at radius 2 is 2.00 bits per heavy atom. The SMILES string of the molecule is O=C1c2ccsc2CCc2sc(Cl)cc21. The number of hydrogen-bond donors (Lipinski definition) is 0. The van der Waals surface area contributed by atoms with Crippen LogP contribution in [0, 0.1) is 0 Å². The lowest BCUT2D eigenvalue weighted by Crippen LogP contribution is -1.99. The number of carbonyl (C=O) groups is 1. The third-order valence-electron chi connectivity index (χ3n) is 2.59. The van der Waals surface area contributed by atoms with Crippen molar-refractivity contribution in [2.24, 2.45) is 0 Å². The summed E-state index contributed by atoms with van der Waals surface area (Å²) in [6, 6.07) is 3.72. The van der Waals surface area contributed by atoms with Crippen molar-refractivity contribution < 1.29 is 4.79 Å². The lowest BCUT2D eigenvalue weighted by Gasteiger charge is -1.94. The van der Waals surface area contributed by atoms with Crippen LogP contribution in [0.5, 0.6) is 0 Å². The summed E-state index contributed by atoms with van der Waals surface area (Å²) in [5, 5.41) is 1.99. The maximum Gasteiger partial charge on any atom is 0.195 e. The van der Waals surface area contributed by atoms with Gasteiger partial charge in [-0.3, -0.25) is 4.79 Å². The molecular weight excluding hydrogens is 248 g/mol. The first-order chi connectivity index (χ1) is 7.25. The van der Waals surface area contributed by atoms with E-state index < -0.39 is 0 Å². The van der Waals surface area contributed by atoms with E-state index in [1.165, 1.54) is 16.2 Å². The minimum Gasteiger partial charge on any atom is -0.289 e. The summed E-state index contributed by atoms with van der Waals surface area (Å²) in [6.45, 7) is 0. The summed E-state index contributed by atoms with van der Waals surface area (Å²) in [4.78, 5) is 14.5. The van der Waals surface area contributed by atoms with Gasteiger partial charge >= 0.3 is 0 Å². The zero-order valence-electron chi connectivity index (χ0n) is 7.75. The third-order valence-corrected chi connectivity index (χ3v) is 4.90. The van der Waals surface area contributed by atoms with Crippen LogP contribution in [-0.4, -0.2) is 5.78 Å². The van der Waals surface area contributed by atoms with Crippen molar-refractivity contribution in [2.45, 2.75) is 12.8 Å². The number of fused-ring (bicyclic) bond motifs is 2. The molecule has 0 fully saturated rings. The number of ketones is 1. The molecule has 0 saturated heterocycles. The Balaban J connectivity index is 2.21. The maximum atomic E-state index is 12.2. The first-order valence-corrected chi connectivity index (χ1v) is 6.72. The standard InChI is InChI=1S/C11H7ClOS2/c12-10-5-7-9(15-10)2-1-8-6(11(7)13)3-4-14-8/h3-5H,1-2H2. The van der Waals surface area contributed by atoms with Crippen LogP contribution in [0.25, 0.3) is 0 Å². The van der Waals surface area contributed by atoms with Crippen LogP contribution in [0.15, 0.2) is 17.5 Å². The average molecular weight is 255 g/mol. The molecule has 0 aromatic carbocycles. The van der Waals surface area contributed by atoms with Crippen LogP contribution in [0.4, 0.5) is 0 Å². The van der Waals surface area contributed by atoms with E-state index in [-0.39, 0.29) is 5.78 Å². The van der Waals surface area contributed by atoms with Gasteiger partial charge in [0.2, 0.25) is 0 Å². The predicted molar refractivity (Wildman–Crippen MR) is 64.5 cm³/mol. The number of hydrogen-bond acceptors (Lipinski definition) is 3. The Labute approximate surface area is 100 Å². The van der Waals surface area contributed by atoms with Crippen LogP contribution >= 0.6 is 34.3 Å². The van der Waals surface area contributed by atoms with Crippen LogP contribution in [-0.2, 0) is 12.8 Å². The van der Waals surface area contributed by atoms with Crippen molar-refractivity contribution in [1.82, 2.24) is 0 Å². The molecule has 76 valence electrons. The minimum absolute atomic E-state index is 0.141.